The fraction of sp³-hybridized carbons (Fsp3) is 0.425. The van der Waals surface area contributed by atoms with Crippen molar-refractivity contribution < 1.29 is 0 Å². The smallest absolute Gasteiger partial charge is 0.0483 e. The molecule has 2 heterocycles. The fourth-order valence-electron chi connectivity index (χ4n) is 3.32. The molecule has 0 saturated carbocycles. The molecule has 44 heavy (non-hydrogen) atoms. The highest BCUT2D eigenvalue weighted by Gasteiger charge is 2.09. The van der Waals surface area contributed by atoms with Gasteiger partial charge in [0.25, 0.3) is 0 Å². The highest BCUT2D eigenvalue weighted by Crippen LogP contribution is 2.46. The molecule has 1 unspecified atom stereocenters. The molecule has 240 valence electrons. The van der Waals surface area contributed by atoms with Gasteiger partial charge in [-0.15, -0.1) is 17.1 Å². The van der Waals surface area contributed by atoms with Crippen LogP contribution in [0.3, 0.4) is 0 Å². The Bertz CT molecular complexity index is 1180. The lowest BCUT2D eigenvalue weighted by molar-refractivity contribution is 0.736. The third-order valence-corrected chi connectivity index (χ3v) is 4.70. The molecule has 0 bridgehead atoms. The number of aliphatic imine (C=N–C) groups is 1. The van der Waals surface area contributed by atoms with Gasteiger partial charge in [0.05, 0.1) is 0 Å². The Labute approximate surface area is 270 Å². The van der Waals surface area contributed by atoms with Gasteiger partial charge >= 0.3 is 0 Å². The number of hydrogen-bond donors (Lipinski definition) is 1. The summed E-state index contributed by atoms with van der Waals surface area (Å²) >= 11 is 0. The van der Waals surface area contributed by atoms with E-state index in [0.717, 1.165) is 63.5 Å². The number of hydrogen-bond acceptors (Lipinski definition) is 2. The van der Waals surface area contributed by atoms with E-state index in [-0.39, 0.29) is 6.04 Å². The molecule has 0 fully saturated rings. The largest absolute Gasteiger partial charge is 0.672 e. The summed E-state index contributed by atoms with van der Waals surface area (Å²) in [5, 5.41) is 12.5. The number of nitrogens with one attached hydrogen (secondary N) is 1. The van der Waals surface area contributed by atoms with Gasteiger partial charge in [0.15, 0.2) is 0 Å². The number of benzene rings is 3. The van der Waals surface area contributed by atoms with E-state index in [1.54, 1.807) is 0 Å². The van der Waals surface area contributed by atoms with Gasteiger partial charge in [0, 0.05) is 22.8 Å². The van der Waals surface area contributed by atoms with Crippen molar-refractivity contribution in [2.45, 2.75) is 89.1 Å². The summed E-state index contributed by atoms with van der Waals surface area (Å²) in [6.07, 6.45) is 8.10. The molecule has 1 aliphatic carbocycles. The molecule has 0 spiro atoms. The summed E-state index contributed by atoms with van der Waals surface area (Å²) in [7, 11) is 0. The summed E-state index contributed by atoms with van der Waals surface area (Å²) < 4.78 is 0. The third-order valence-electron chi connectivity index (χ3n) is 4.70. The van der Waals surface area contributed by atoms with Gasteiger partial charge in [-0.2, -0.15) is 0 Å². The first kappa shape index (κ1) is 38.2. The second-order valence-electron chi connectivity index (χ2n) is 13.5. The maximum atomic E-state index is 4.60. The number of fused-ring (bicyclic) bond motifs is 4. The van der Waals surface area contributed by atoms with Crippen LogP contribution in [0.25, 0.3) is 10.6 Å². The van der Waals surface area contributed by atoms with E-state index >= 15 is 0 Å². The summed E-state index contributed by atoms with van der Waals surface area (Å²) in [5.41, 5.74) is 7.15. The lowest BCUT2D eigenvalue weighted by atomic mass is 10.0. The highest BCUT2D eigenvalue weighted by atomic mass is 15.0. The number of para-hydroxylation sites is 6. The topological polar surface area (TPSA) is 52.6 Å². The molecule has 3 aromatic rings. The summed E-state index contributed by atoms with van der Waals surface area (Å²) in [6, 6.07) is 24.2. The van der Waals surface area contributed by atoms with Crippen LogP contribution < -0.4 is 5.32 Å². The van der Waals surface area contributed by atoms with Crippen LogP contribution in [-0.2, 0) is 0 Å². The molecular formula is C40H58N4-2. The van der Waals surface area contributed by atoms with Gasteiger partial charge in [-0.1, -0.05) is 162 Å². The van der Waals surface area contributed by atoms with Crippen molar-refractivity contribution in [1.29, 1.82) is 0 Å². The van der Waals surface area contributed by atoms with Crippen LogP contribution in [0.1, 0.15) is 83.1 Å². The second kappa shape index (κ2) is 21.0. The SMILES string of the molecule is C1=CC2=Nc3ccccc3[N-]C2C=C1.CC(C)C.CC(C)C.CC(C)C.CC(C)C.c1ccc2c(c1)[N-]c1ccccc1N2. The molecule has 0 aromatic heterocycles. The molecule has 0 radical (unpaired) electrons. The van der Waals surface area contributed by atoms with Gasteiger partial charge in [-0.3, -0.25) is 4.99 Å². The Morgan fingerprint density at radius 1 is 0.545 bits per heavy atom. The van der Waals surface area contributed by atoms with Crippen LogP contribution in [0.15, 0.2) is 102 Å². The van der Waals surface area contributed by atoms with E-state index in [2.05, 4.69) is 110 Å². The Hall–Kier alpha value is -3.79. The van der Waals surface area contributed by atoms with Crippen LogP contribution in [0.5, 0.6) is 0 Å². The maximum absolute atomic E-state index is 4.60. The van der Waals surface area contributed by atoms with Crippen LogP contribution in [-0.4, -0.2) is 11.8 Å². The number of anilines is 2. The molecule has 0 amide bonds. The lowest BCUT2D eigenvalue weighted by Gasteiger charge is -2.37. The normalized spacial score (nSPS) is 14.1. The molecule has 3 aliphatic rings. The zero-order chi connectivity index (χ0) is 33.1. The molecule has 2 aliphatic heterocycles. The standard InChI is InChI=1S/2C12H9N2.4C4H10/c2*1-2-6-10-9(5-1)13-11-7-3-4-8-12(11)14-10;4*1-4(2)3/h1-8,13H;1-9H;4*4H,1-3H3/q2*-1;;;;. The Morgan fingerprint density at radius 2 is 0.955 bits per heavy atom. The quantitative estimate of drug-likeness (QED) is 0.216. The van der Waals surface area contributed by atoms with Crippen LogP contribution >= 0.6 is 0 Å². The predicted molar refractivity (Wildman–Crippen MR) is 200 cm³/mol. The molecule has 6 rings (SSSR count). The number of nitrogens with zero attached hydrogens (tertiary/aromatic N) is 3. The molecule has 1 atom stereocenters. The van der Waals surface area contributed by atoms with E-state index in [1.165, 1.54) is 0 Å². The Kier molecular flexibility index (Phi) is 18.2. The third kappa shape index (κ3) is 16.7. The first-order valence-electron chi connectivity index (χ1n) is 16.2. The average Bonchev–Trinajstić information content (AvgIpc) is 2.94. The van der Waals surface area contributed by atoms with E-state index in [9.17, 15) is 0 Å². The molecule has 0 saturated heterocycles. The van der Waals surface area contributed by atoms with Crippen molar-refractivity contribution in [3.8, 4) is 0 Å². The van der Waals surface area contributed by atoms with Crippen molar-refractivity contribution in [3.63, 3.8) is 0 Å². The number of allylic oxidation sites excluding steroid dienone is 2. The minimum Gasteiger partial charge on any atom is -0.672 e. The van der Waals surface area contributed by atoms with E-state index < -0.39 is 0 Å². The van der Waals surface area contributed by atoms with Crippen LogP contribution in [0.2, 0.25) is 0 Å². The Balaban J connectivity index is 0.000000301. The van der Waals surface area contributed by atoms with Crippen molar-refractivity contribution in [2.24, 2.45) is 28.7 Å². The zero-order valence-corrected chi connectivity index (χ0v) is 29.5. The summed E-state index contributed by atoms with van der Waals surface area (Å²) in [4.78, 5) is 4.55. The first-order chi connectivity index (χ1) is 20.8. The van der Waals surface area contributed by atoms with Gasteiger partial charge < -0.3 is 16.0 Å². The van der Waals surface area contributed by atoms with Crippen molar-refractivity contribution in [3.05, 3.63) is 108 Å². The van der Waals surface area contributed by atoms with Crippen LogP contribution in [0, 0.1) is 23.7 Å². The molecule has 3 aromatic carbocycles. The molecule has 1 N–H and O–H groups in total. The monoisotopic (exact) mass is 594 g/mol. The average molecular weight is 595 g/mol. The van der Waals surface area contributed by atoms with Gasteiger partial charge in [0.2, 0.25) is 0 Å². The van der Waals surface area contributed by atoms with Crippen LogP contribution in [0.4, 0.5) is 34.1 Å². The molecule has 4 nitrogen and oxygen atoms in total. The maximum Gasteiger partial charge on any atom is 0.0483 e. The Morgan fingerprint density at radius 3 is 1.43 bits per heavy atom. The lowest BCUT2D eigenvalue weighted by Crippen LogP contribution is -2.18. The molecular weight excluding hydrogens is 536 g/mol. The minimum atomic E-state index is 0.120. The van der Waals surface area contributed by atoms with Gasteiger partial charge in [0.1, 0.15) is 0 Å². The van der Waals surface area contributed by atoms with E-state index in [1.807, 2.05) is 91.0 Å². The minimum absolute atomic E-state index is 0.120. The molecule has 4 heteroatoms. The summed E-state index contributed by atoms with van der Waals surface area (Å²) in [6.45, 7) is 26.0. The zero-order valence-electron chi connectivity index (χ0n) is 29.5. The second-order valence-corrected chi connectivity index (χ2v) is 13.5. The first-order valence-corrected chi connectivity index (χ1v) is 16.2. The van der Waals surface area contributed by atoms with Crippen molar-refractivity contribution in [2.75, 3.05) is 5.32 Å². The summed E-state index contributed by atoms with van der Waals surface area (Å²) in [5.74, 6) is 3.33. The number of rotatable bonds is 0. The highest BCUT2D eigenvalue weighted by molar-refractivity contribution is 6.08. The van der Waals surface area contributed by atoms with Crippen molar-refractivity contribution in [1.82, 2.24) is 0 Å². The van der Waals surface area contributed by atoms with E-state index in [4.69, 9.17) is 0 Å². The van der Waals surface area contributed by atoms with Gasteiger partial charge in [-0.05, 0) is 47.9 Å². The van der Waals surface area contributed by atoms with Crippen molar-refractivity contribution >= 4 is 39.8 Å². The van der Waals surface area contributed by atoms with Gasteiger partial charge in [-0.25, -0.2) is 0 Å². The fourth-order valence-corrected chi connectivity index (χ4v) is 3.32. The van der Waals surface area contributed by atoms with E-state index in [0.29, 0.717) is 0 Å². The predicted octanol–water partition coefficient (Wildman–Crippen LogP) is 14.0.